The van der Waals surface area contributed by atoms with E-state index in [-0.39, 0.29) is 0 Å². The summed E-state index contributed by atoms with van der Waals surface area (Å²) >= 11 is 1.70. The highest BCUT2D eigenvalue weighted by molar-refractivity contribution is 7.09. The quantitative estimate of drug-likeness (QED) is 0.807. The lowest BCUT2D eigenvalue weighted by molar-refractivity contribution is 0.335. The fraction of sp³-hybridized carbons (Fsp3) is 0.700. The third-order valence-corrected chi connectivity index (χ3v) is 3.01. The minimum absolute atomic E-state index is 0.400. The summed E-state index contributed by atoms with van der Waals surface area (Å²) < 4.78 is 0. The molecule has 0 saturated heterocycles. The van der Waals surface area contributed by atoms with Crippen molar-refractivity contribution >= 4 is 11.3 Å². The van der Waals surface area contributed by atoms with Crippen LogP contribution in [0, 0.1) is 0 Å². The molecule has 2 unspecified atom stereocenters. The Kier molecular flexibility index (Phi) is 4.51. The Bertz CT molecular complexity index is 246. The molecule has 1 heterocycles. The molecule has 1 rings (SSSR count). The summed E-state index contributed by atoms with van der Waals surface area (Å²) in [6, 6.07) is 0.902. The van der Waals surface area contributed by atoms with Crippen LogP contribution in [0.4, 0.5) is 0 Å². The summed E-state index contributed by atoms with van der Waals surface area (Å²) in [5.41, 5.74) is 1.88. The van der Waals surface area contributed by atoms with Crippen LogP contribution in [0.2, 0.25) is 0 Å². The number of aromatic nitrogens is 1. The molecule has 0 aliphatic heterocycles. The van der Waals surface area contributed by atoms with Gasteiger partial charge in [-0.25, -0.2) is 0 Å². The van der Waals surface area contributed by atoms with E-state index < -0.39 is 0 Å². The first-order valence-electron chi connectivity index (χ1n) is 4.88. The molecule has 0 aliphatic rings. The normalized spacial score (nSPS) is 15.8. The fourth-order valence-corrected chi connectivity index (χ4v) is 2.19. The van der Waals surface area contributed by atoms with Gasteiger partial charge in [-0.05, 0) is 27.9 Å². The molecule has 0 bridgehead atoms. The molecule has 0 saturated carbocycles. The number of likely N-dealkylation sites (N-methyl/N-ethyl adjacent to an activating group) is 1. The van der Waals surface area contributed by atoms with E-state index in [2.05, 4.69) is 43.1 Å². The average molecular weight is 213 g/mol. The predicted octanol–water partition coefficient (Wildman–Crippen LogP) is 1.74. The fourth-order valence-electron chi connectivity index (χ4n) is 1.55. The first-order valence-corrected chi connectivity index (χ1v) is 5.76. The number of hydrogen-bond donors (Lipinski definition) is 1. The van der Waals surface area contributed by atoms with Crippen LogP contribution in [-0.4, -0.2) is 36.6 Å². The lowest BCUT2D eigenvalue weighted by Gasteiger charge is -2.21. The van der Waals surface area contributed by atoms with Gasteiger partial charge in [0.1, 0.15) is 0 Å². The Labute approximate surface area is 90.2 Å². The van der Waals surface area contributed by atoms with Crippen LogP contribution in [0.25, 0.3) is 0 Å². The second-order valence-electron chi connectivity index (χ2n) is 3.96. The zero-order valence-electron chi connectivity index (χ0n) is 9.32. The summed E-state index contributed by atoms with van der Waals surface area (Å²) in [4.78, 5) is 7.57. The number of nitrogens with zero attached hydrogens (tertiary/aromatic N) is 2. The van der Waals surface area contributed by atoms with Gasteiger partial charge in [0.05, 0.1) is 5.51 Å². The van der Waals surface area contributed by atoms with Gasteiger partial charge in [0.2, 0.25) is 0 Å². The summed E-state index contributed by atoms with van der Waals surface area (Å²) in [5.74, 6) is 0. The molecule has 2 atom stereocenters. The highest BCUT2D eigenvalue weighted by atomic mass is 32.1. The zero-order valence-corrected chi connectivity index (χ0v) is 10.1. The Morgan fingerprint density at radius 3 is 2.71 bits per heavy atom. The first-order chi connectivity index (χ1) is 6.59. The highest BCUT2D eigenvalue weighted by Crippen LogP contribution is 2.16. The van der Waals surface area contributed by atoms with E-state index in [1.54, 1.807) is 11.3 Å². The van der Waals surface area contributed by atoms with Crippen molar-refractivity contribution in [2.75, 3.05) is 20.6 Å². The van der Waals surface area contributed by atoms with Gasteiger partial charge in [-0.3, -0.25) is 4.98 Å². The van der Waals surface area contributed by atoms with Gasteiger partial charge >= 0.3 is 0 Å². The topological polar surface area (TPSA) is 28.2 Å². The molecule has 0 radical (unpaired) electrons. The largest absolute Gasteiger partial charge is 0.308 e. The van der Waals surface area contributed by atoms with Gasteiger partial charge in [-0.1, -0.05) is 0 Å². The molecule has 1 N–H and O–H groups in total. The maximum Gasteiger partial charge on any atom is 0.0794 e. The summed E-state index contributed by atoms with van der Waals surface area (Å²) in [7, 11) is 4.19. The minimum atomic E-state index is 0.400. The SMILES string of the molecule is CC(CN(C)C)NC(C)c1cncs1. The first kappa shape index (κ1) is 11.6. The second-order valence-corrected chi connectivity index (χ2v) is 4.87. The number of rotatable bonds is 5. The third kappa shape index (κ3) is 3.74. The standard InChI is InChI=1S/C10H19N3S/c1-8(6-13(3)4)12-9(2)10-5-11-7-14-10/h5,7-9,12H,6H2,1-4H3. The van der Waals surface area contributed by atoms with E-state index >= 15 is 0 Å². The van der Waals surface area contributed by atoms with Crippen LogP contribution < -0.4 is 5.32 Å². The van der Waals surface area contributed by atoms with Crippen molar-refractivity contribution in [2.24, 2.45) is 0 Å². The molecule has 3 nitrogen and oxygen atoms in total. The van der Waals surface area contributed by atoms with Crippen LogP contribution >= 0.6 is 11.3 Å². The van der Waals surface area contributed by atoms with Crippen LogP contribution in [0.1, 0.15) is 24.8 Å². The predicted molar refractivity (Wildman–Crippen MR) is 61.7 cm³/mol. The van der Waals surface area contributed by atoms with Crippen LogP contribution in [-0.2, 0) is 0 Å². The van der Waals surface area contributed by atoms with Crippen LogP contribution in [0.3, 0.4) is 0 Å². The van der Waals surface area contributed by atoms with Gasteiger partial charge in [0.15, 0.2) is 0 Å². The summed E-state index contributed by atoms with van der Waals surface area (Å²) in [6.07, 6.45) is 1.94. The Balaban J connectivity index is 2.37. The molecule has 80 valence electrons. The van der Waals surface area contributed by atoms with Gasteiger partial charge in [0.25, 0.3) is 0 Å². The molecule has 14 heavy (non-hydrogen) atoms. The molecule has 0 spiro atoms. The molecule has 0 amide bonds. The Morgan fingerprint density at radius 1 is 1.50 bits per heavy atom. The molecule has 4 heteroatoms. The lowest BCUT2D eigenvalue weighted by Crippen LogP contribution is -2.37. The maximum atomic E-state index is 4.08. The monoisotopic (exact) mass is 213 g/mol. The summed E-state index contributed by atoms with van der Waals surface area (Å²) in [6.45, 7) is 5.44. The van der Waals surface area contributed by atoms with E-state index in [4.69, 9.17) is 0 Å². The Hall–Kier alpha value is -0.450. The Morgan fingerprint density at radius 2 is 2.21 bits per heavy atom. The van der Waals surface area contributed by atoms with Crippen molar-refractivity contribution in [3.05, 3.63) is 16.6 Å². The molecular weight excluding hydrogens is 194 g/mol. The molecular formula is C10H19N3S. The van der Waals surface area contributed by atoms with E-state index in [1.165, 1.54) is 4.88 Å². The van der Waals surface area contributed by atoms with E-state index in [9.17, 15) is 0 Å². The van der Waals surface area contributed by atoms with Gasteiger partial charge < -0.3 is 10.2 Å². The van der Waals surface area contributed by atoms with Crippen LogP contribution in [0.5, 0.6) is 0 Å². The van der Waals surface area contributed by atoms with Crippen molar-refractivity contribution in [1.29, 1.82) is 0 Å². The molecule has 0 fully saturated rings. The van der Waals surface area contributed by atoms with E-state index in [1.807, 2.05) is 11.7 Å². The van der Waals surface area contributed by atoms with Gasteiger partial charge in [0, 0.05) is 29.7 Å². The van der Waals surface area contributed by atoms with Crippen molar-refractivity contribution in [2.45, 2.75) is 25.9 Å². The van der Waals surface area contributed by atoms with E-state index in [0.29, 0.717) is 12.1 Å². The smallest absolute Gasteiger partial charge is 0.0794 e. The highest BCUT2D eigenvalue weighted by Gasteiger charge is 2.10. The number of hydrogen-bond acceptors (Lipinski definition) is 4. The van der Waals surface area contributed by atoms with Crippen molar-refractivity contribution < 1.29 is 0 Å². The van der Waals surface area contributed by atoms with Crippen molar-refractivity contribution in [1.82, 2.24) is 15.2 Å². The molecule has 1 aromatic rings. The van der Waals surface area contributed by atoms with E-state index in [0.717, 1.165) is 6.54 Å². The van der Waals surface area contributed by atoms with Crippen molar-refractivity contribution in [3.8, 4) is 0 Å². The van der Waals surface area contributed by atoms with Crippen molar-refractivity contribution in [3.63, 3.8) is 0 Å². The summed E-state index contributed by atoms with van der Waals surface area (Å²) in [5, 5.41) is 3.54. The number of thiazole rings is 1. The van der Waals surface area contributed by atoms with Gasteiger partial charge in [-0.15, -0.1) is 11.3 Å². The zero-order chi connectivity index (χ0) is 10.6. The second kappa shape index (κ2) is 5.44. The maximum absolute atomic E-state index is 4.08. The molecule has 0 aromatic carbocycles. The number of nitrogens with one attached hydrogen (secondary N) is 1. The third-order valence-electron chi connectivity index (χ3n) is 2.05. The average Bonchev–Trinajstić information content (AvgIpc) is 2.53. The minimum Gasteiger partial charge on any atom is -0.308 e. The molecule has 0 aliphatic carbocycles. The molecule has 1 aromatic heterocycles. The van der Waals surface area contributed by atoms with Crippen LogP contribution in [0.15, 0.2) is 11.7 Å². The van der Waals surface area contributed by atoms with Gasteiger partial charge in [-0.2, -0.15) is 0 Å². The lowest BCUT2D eigenvalue weighted by atomic mass is 10.2.